The van der Waals surface area contributed by atoms with Crippen LogP contribution in [0.5, 0.6) is 0 Å². The molecule has 2 amide bonds. The van der Waals surface area contributed by atoms with Gasteiger partial charge in [0.15, 0.2) is 20.9 Å². The Hall–Kier alpha value is -3.84. The highest BCUT2D eigenvalue weighted by Gasteiger charge is 2.39. The van der Waals surface area contributed by atoms with Crippen molar-refractivity contribution in [1.82, 2.24) is 25.6 Å². The highest BCUT2D eigenvalue weighted by Crippen LogP contribution is 2.37. The van der Waals surface area contributed by atoms with Crippen LogP contribution in [0.25, 0.3) is 21.3 Å². The van der Waals surface area contributed by atoms with Crippen LogP contribution in [-0.2, 0) is 19.4 Å². The first-order valence-electron chi connectivity index (χ1n) is 11.1. The summed E-state index contributed by atoms with van der Waals surface area (Å²) >= 11 is 0.830. The van der Waals surface area contributed by atoms with Crippen LogP contribution in [0.15, 0.2) is 60.0 Å². The second-order valence-electron chi connectivity index (χ2n) is 8.42. The number of hydrogen-bond donors (Lipinski definition) is 2. The Labute approximate surface area is 213 Å². The molecule has 2 heterocycles. The maximum atomic E-state index is 15.0. The normalized spacial score (nSPS) is 14.3. The van der Waals surface area contributed by atoms with Gasteiger partial charge in [-0.2, -0.15) is 0 Å². The molecule has 0 saturated heterocycles. The Morgan fingerprint density at radius 2 is 1.76 bits per heavy atom. The summed E-state index contributed by atoms with van der Waals surface area (Å²) < 4.78 is 55.9. The molecule has 2 aromatic carbocycles. The van der Waals surface area contributed by atoms with Crippen molar-refractivity contribution >= 4 is 43.2 Å². The van der Waals surface area contributed by atoms with E-state index in [1.54, 1.807) is 6.07 Å². The first-order chi connectivity index (χ1) is 17.7. The molecular weight excluding hydrogens is 524 g/mol. The quantitative estimate of drug-likeness (QED) is 0.327. The Balaban J connectivity index is 1.54. The number of sulfone groups is 1. The van der Waals surface area contributed by atoms with Gasteiger partial charge < -0.3 is 10.6 Å². The molecule has 0 spiro atoms. The van der Waals surface area contributed by atoms with E-state index in [0.29, 0.717) is 15.8 Å². The summed E-state index contributed by atoms with van der Waals surface area (Å²) in [5.41, 5.74) is 0.868. The van der Waals surface area contributed by atoms with Crippen LogP contribution in [0.3, 0.4) is 0 Å². The lowest BCUT2D eigenvalue weighted by Gasteiger charge is -2.16. The molecule has 0 aliphatic heterocycles. The summed E-state index contributed by atoms with van der Waals surface area (Å²) in [6.45, 7) is -0.442. The van der Waals surface area contributed by atoms with E-state index in [2.05, 4.69) is 25.6 Å². The predicted molar refractivity (Wildman–Crippen MR) is 131 cm³/mol. The molecule has 4 aromatic rings. The van der Waals surface area contributed by atoms with E-state index in [9.17, 15) is 22.4 Å². The monoisotopic (exact) mass is 543 g/mol. The Morgan fingerprint density at radius 1 is 1.05 bits per heavy atom. The molecule has 1 saturated carbocycles. The summed E-state index contributed by atoms with van der Waals surface area (Å²) in [6, 6.07) is 6.85. The van der Waals surface area contributed by atoms with Crippen LogP contribution >= 0.6 is 11.3 Å². The van der Waals surface area contributed by atoms with Gasteiger partial charge in [0, 0.05) is 24.0 Å². The molecule has 1 aliphatic carbocycles. The zero-order chi connectivity index (χ0) is 26.2. The standard InChI is InChI=1S/C24H19F2N5O4S2/c25-15-1-5-17(6-2-15)37(34,35)22(23(33)29-11-20(32)30-16-3-4-16)24-31-21-18(26)7-13(8-19(21)36-24)14-9-27-12-28-10-14/h1-2,5-10,12,16,22H,3-4,11H2,(H,29,33)(H,30,32). The van der Waals surface area contributed by atoms with Gasteiger partial charge in [0.2, 0.25) is 11.8 Å². The first kappa shape index (κ1) is 24.8. The van der Waals surface area contributed by atoms with Crippen LogP contribution < -0.4 is 10.6 Å². The summed E-state index contributed by atoms with van der Waals surface area (Å²) in [6.07, 6.45) is 6.01. The lowest BCUT2D eigenvalue weighted by atomic mass is 10.1. The smallest absolute Gasteiger partial charge is 0.246 e. The predicted octanol–water partition coefficient (Wildman–Crippen LogP) is 2.94. The number of halogens is 2. The Kier molecular flexibility index (Phi) is 6.65. The molecule has 0 radical (unpaired) electrons. The molecule has 1 atom stereocenters. The van der Waals surface area contributed by atoms with Crippen molar-refractivity contribution < 1.29 is 26.8 Å². The average molecular weight is 544 g/mol. The molecular formula is C24H19F2N5O4S2. The average Bonchev–Trinajstić information content (AvgIpc) is 3.59. The number of hydrogen-bond acceptors (Lipinski definition) is 8. The second kappa shape index (κ2) is 9.90. The second-order valence-corrected chi connectivity index (χ2v) is 11.5. The zero-order valence-corrected chi connectivity index (χ0v) is 20.7. The largest absolute Gasteiger partial charge is 0.352 e. The van der Waals surface area contributed by atoms with Crippen LogP contribution in [0.2, 0.25) is 0 Å². The topological polar surface area (TPSA) is 131 Å². The summed E-state index contributed by atoms with van der Waals surface area (Å²) in [4.78, 5) is 37.0. The van der Waals surface area contributed by atoms with Gasteiger partial charge in [0.1, 0.15) is 22.7 Å². The highest BCUT2D eigenvalue weighted by molar-refractivity contribution is 7.92. The van der Waals surface area contributed by atoms with E-state index in [0.717, 1.165) is 48.4 Å². The Morgan fingerprint density at radius 3 is 2.43 bits per heavy atom. The summed E-state index contributed by atoms with van der Waals surface area (Å²) in [5.74, 6) is -2.84. The molecule has 1 aliphatic rings. The van der Waals surface area contributed by atoms with Gasteiger partial charge in [0.05, 0.1) is 16.1 Å². The van der Waals surface area contributed by atoms with E-state index < -0.39 is 45.1 Å². The van der Waals surface area contributed by atoms with Gasteiger partial charge in [-0.05, 0) is 54.8 Å². The van der Waals surface area contributed by atoms with Crippen molar-refractivity contribution in [1.29, 1.82) is 0 Å². The fraction of sp³-hybridized carbons (Fsp3) is 0.208. The lowest BCUT2D eigenvalue weighted by Crippen LogP contribution is -2.41. The number of amides is 2. The lowest BCUT2D eigenvalue weighted by molar-refractivity contribution is -0.126. The summed E-state index contributed by atoms with van der Waals surface area (Å²) in [5, 5.41) is 2.96. The fourth-order valence-corrected chi connectivity index (χ4v) is 6.64. The molecule has 1 fully saturated rings. The van der Waals surface area contributed by atoms with Crippen molar-refractivity contribution in [2.45, 2.75) is 29.0 Å². The molecule has 5 rings (SSSR count). The fourth-order valence-electron chi connectivity index (χ4n) is 3.65. The van der Waals surface area contributed by atoms with Gasteiger partial charge in [0.25, 0.3) is 0 Å². The van der Waals surface area contributed by atoms with E-state index in [1.165, 1.54) is 24.8 Å². The molecule has 2 N–H and O–H groups in total. The number of aromatic nitrogens is 3. The number of benzene rings is 2. The number of nitrogens with one attached hydrogen (secondary N) is 2. The van der Waals surface area contributed by atoms with Gasteiger partial charge in [-0.15, -0.1) is 11.3 Å². The number of fused-ring (bicyclic) bond motifs is 1. The zero-order valence-electron chi connectivity index (χ0n) is 19.0. The molecule has 190 valence electrons. The number of nitrogens with zero attached hydrogens (tertiary/aromatic N) is 3. The van der Waals surface area contributed by atoms with Gasteiger partial charge >= 0.3 is 0 Å². The molecule has 1 unspecified atom stereocenters. The molecule has 2 aromatic heterocycles. The third-order valence-electron chi connectivity index (χ3n) is 5.64. The highest BCUT2D eigenvalue weighted by atomic mass is 32.2. The van der Waals surface area contributed by atoms with Gasteiger partial charge in [-0.25, -0.2) is 32.2 Å². The molecule has 37 heavy (non-hydrogen) atoms. The van der Waals surface area contributed by atoms with Crippen molar-refractivity contribution in [2.24, 2.45) is 0 Å². The molecule has 13 heteroatoms. The third kappa shape index (κ3) is 5.32. The maximum Gasteiger partial charge on any atom is 0.246 e. The number of rotatable bonds is 8. The molecule has 0 bridgehead atoms. The first-order valence-corrected chi connectivity index (χ1v) is 13.5. The van der Waals surface area contributed by atoms with Crippen LogP contribution in [0.4, 0.5) is 8.78 Å². The summed E-state index contributed by atoms with van der Waals surface area (Å²) in [7, 11) is -4.46. The van der Waals surface area contributed by atoms with Crippen molar-refractivity contribution in [2.75, 3.05) is 6.54 Å². The minimum atomic E-state index is -4.46. The van der Waals surface area contributed by atoms with E-state index in [1.807, 2.05) is 0 Å². The SMILES string of the molecule is O=C(CNC(=O)C(c1nc2c(F)cc(-c3cncnc3)cc2s1)S(=O)(=O)c1ccc(F)cc1)NC1CC1. The Bertz CT molecular complexity index is 1590. The van der Waals surface area contributed by atoms with Crippen molar-refractivity contribution in [3.8, 4) is 11.1 Å². The van der Waals surface area contributed by atoms with Crippen LogP contribution in [-0.4, -0.2) is 47.8 Å². The van der Waals surface area contributed by atoms with Crippen molar-refractivity contribution in [3.63, 3.8) is 0 Å². The van der Waals surface area contributed by atoms with E-state index in [4.69, 9.17) is 0 Å². The minimum absolute atomic E-state index is 0.0552. The number of carbonyl (C=O) groups is 2. The van der Waals surface area contributed by atoms with Crippen LogP contribution in [0, 0.1) is 11.6 Å². The third-order valence-corrected chi connectivity index (χ3v) is 8.84. The van der Waals surface area contributed by atoms with Crippen molar-refractivity contribution in [3.05, 3.63) is 71.8 Å². The van der Waals surface area contributed by atoms with Gasteiger partial charge in [-0.3, -0.25) is 9.59 Å². The number of thiazole rings is 1. The minimum Gasteiger partial charge on any atom is -0.352 e. The number of carbonyl (C=O) groups excluding carboxylic acids is 2. The van der Waals surface area contributed by atoms with E-state index in [-0.39, 0.29) is 21.5 Å². The maximum absolute atomic E-state index is 15.0. The van der Waals surface area contributed by atoms with Crippen LogP contribution in [0.1, 0.15) is 23.1 Å². The molecule has 9 nitrogen and oxygen atoms in total. The van der Waals surface area contributed by atoms with E-state index >= 15 is 4.39 Å². The van der Waals surface area contributed by atoms with Gasteiger partial charge in [-0.1, -0.05) is 0 Å².